The van der Waals surface area contributed by atoms with Crippen molar-refractivity contribution >= 4 is 62.3 Å². The molecule has 0 saturated heterocycles. The summed E-state index contributed by atoms with van der Waals surface area (Å²) in [5.74, 6) is -0.839. The number of carbonyl (C=O) groups is 2. The first kappa shape index (κ1) is 28.6. The molecule has 7 nitrogen and oxygen atoms in total. The van der Waals surface area contributed by atoms with Crippen molar-refractivity contribution in [2.24, 2.45) is 0 Å². The summed E-state index contributed by atoms with van der Waals surface area (Å²) >= 11 is 18.4. The van der Waals surface area contributed by atoms with Crippen molar-refractivity contribution in [1.82, 2.24) is 10.2 Å². The molecule has 0 aromatic heterocycles. The molecule has 0 aliphatic heterocycles. The summed E-state index contributed by atoms with van der Waals surface area (Å²) in [6.07, 6.45) is 6.04. The van der Waals surface area contributed by atoms with Crippen molar-refractivity contribution < 1.29 is 18.0 Å². The third-order valence-corrected chi connectivity index (χ3v) is 8.45. The summed E-state index contributed by atoms with van der Waals surface area (Å²) in [7, 11) is -3.91. The third-order valence-electron chi connectivity index (χ3n) is 6.26. The van der Waals surface area contributed by atoms with E-state index in [1.54, 1.807) is 37.3 Å². The van der Waals surface area contributed by atoms with Crippen LogP contribution in [0.15, 0.2) is 42.5 Å². The molecule has 0 radical (unpaired) electrons. The minimum atomic E-state index is -3.91. The second kappa shape index (κ2) is 12.5. The predicted molar refractivity (Wildman–Crippen MR) is 145 cm³/mol. The van der Waals surface area contributed by atoms with E-state index in [1.165, 1.54) is 17.0 Å². The lowest BCUT2D eigenvalue weighted by Crippen LogP contribution is -2.53. The first-order valence-electron chi connectivity index (χ1n) is 11.7. The molecule has 3 rings (SSSR count). The summed E-state index contributed by atoms with van der Waals surface area (Å²) in [5.41, 5.74) is 0.836. The van der Waals surface area contributed by atoms with Gasteiger partial charge in [-0.15, -0.1) is 0 Å². The quantitative estimate of drug-likeness (QED) is 0.442. The van der Waals surface area contributed by atoms with Gasteiger partial charge in [-0.25, -0.2) is 8.42 Å². The average Bonchev–Trinajstić information content (AvgIpc) is 2.83. The van der Waals surface area contributed by atoms with Gasteiger partial charge in [0.1, 0.15) is 12.6 Å². The minimum Gasteiger partial charge on any atom is -0.352 e. The summed E-state index contributed by atoms with van der Waals surface area (Å²) in [6.45, 7) is 1.19. The molecule has 1 saturated carbocycles. The van der Waals surface area contributed by atoms with Gasteiger partial charge in [0.25, 0.3) is 0 Å². The highest BCUT2D eigenvalue weighted by Gasteiger charge is 2.32. The molecule has 0 spiro atoms. The average molecular weight is 575 g/mol. The summed E-state index contributed by atoms with van der Waals surface area (Å²) in [4.78, 5) is 28.1. The number of sulfonamides is 1. The number of hydrogen-bond donors (Lipinski definition) is 1. The van der Waals surface area contributed by atoms with Crippen LogP contribution in [0.5, 0.6) is 0 Å². The van der Waals surface area contributed by atoms with Crippen LogP contribution in [-0.4, -0.2) is 50.0 Å². The lowest BCUT2D eigenvalue weighted by atomic mass is 9.95. The Bertz CT molecular complexity index is 1190. The Kier molecular flexibility index (Phi) is 9.92. The number of amides is 2. The molecule has 196 valence electrons. The van der Waals surface area contributed by atoms with Gasteiger partial charge in [-0.3, -0.25) is 13.9 Å². The Morgan fingerprint density at radius 2 is 1.67 bits per heavy atom. The van der Waals surface area contributed by atoms with E-state index in [9.17, 15) is 18.0 Å². The number of benzene rings is 2. The lowest BCUT2D eigenvalue weighted by Gasteiger charge is -2.33. The SMILES string of the molecule is CC(C(=O)NC1CCCCC1)N(Cc1ccc(Cl)cc1)C(=O)CN(c1cccc(Cl)c1Cl)S(C)(=O)=O. The molecule has 36 heavy (non-hydrogen) atoms. The van der Waals surface area contributed by atoms with E-state index in [0.29, 0.717) is 5.02 Å². The Balaban J connectivity index is 1.89. The fourth-order valence-electron chi connectivity index (χ4n) is 4.22. The van der Waals surface area contributed by atoms with E-state index in [1.807, 2.05) is 0 Å². The van der Waals surface area contributed by atoms with Gasteiger partial charge in [-0.05, 0) is 49.6 Å². The lowest BCUT2D eigenvalue weighted by molar-refractivity contribution is -0.139. The number of anilines is 1. The Labute approximate surface area is 227 Å². The molecule has 0 heterocycles. The first-order valence-corrected chi connectivity index (χ1v) is 14.7. The number of carbonyl (C=O) groups excluding carboxylic acids is 2. The molecule has 1 N–H and O–H groups in total. The maximum atomic E-state index is 13.6. The van der Waals surface area contributed by atoms with Gasteiger partial charge in [0.15, 0.2) is 0 Å². The first-order chi connectivity index (χ1) is 17.0. The maximum Gasteiger partial charge on any atom is 0.244 e. The standard InChI is InChI=1S/C25H30Cl3N3O4S/c1-17(25(33)29-20-7-4-3-5-8-20)30(15-18-11-13-19(26)14-12-18)23(32)16-31(36(2,34)35)22-10-6-9-21(27)24(22)28/h6,9-14,17,20H,3-5,7-8,15-16H2,1-2H3,(H,29,33). The summed E-state index contributed by atoms with van der Waals surface area (Å²) in [5, 5.41) is 3.78. The molecular formula is C25H30Cl3N3O4S. The molecule has 1 aliphatic rings. The molecule has 11 heteroatoms. The van der Waals surface area contributed by atoms with Crippen LogP contribution in [0.1, 0.15) is 44.6 Å². The number of hydrogen-bond acceptors (Lipinski definition) is 4. The molecular weight excluding hydrogens is 545 g/mol. The van der Waals surface area contributed by atoms with Crippen LogP contribution in [0.4, 0.5) is 5.69 Å². The Morgan fingerprint density at radius 1 is 1.03 bits per heavy atom. The van der Waals surface area contributed by atoms with Crippen LogP contribution in [0.3, 0.4) is 0 Å². The van der Waals surface area contributed by atoms with Gasteiger partial charge in [-0.2, -0.15) is 0 Å². The Morgan fingerprint density at radius 3 is 2.28 bits per heavy atom. The molecule has 2 amide bonds. The topological polar surface area (TPSA) is 86.8 Å². The number of nitrogens with zero attached hydrogens (tertiary/aromatic N) is 2. The molecule has 2 aromatic rings. The zero-order valence-corrected chi connectivity index (χ0v) is 23.3. The molecule has 1 aliphatic carbocycles. The highest BCUT2D eigenvalue weighted by atomic mass is 35.5. The van der Waals surface area contributed by atoms with Gasteiger partial charge in [0.05, 0.1) is 22.0 Å². The van der Waals surface area contributed by atoms with Crippen LogP contribution in [-0.2, 0) is 26.2 Å². The van der Waals surface area contributed by atoms with Crippen molar-refractivity contribution in [3.8, 4) is 0 Å². The van der Waals surface area contributed by atoms with Crippen molar-refractivity contribution in [3.05, 3.63) is 63.1 Å². The van der Waals surface area contributed by atoms with E-state index < -0.39 is 28.5 Å². The third kappa shape index (κ3) is 7.51. The van der Waals surface area contributed by atoms with Crippen molar-refractivity contribution in [2.45, 2.75) is 57.7 Å². The number of halogens is 3. The highest BCUT2D eigenvalue weighted by Crippen LogP contribution is 2.33. The number of rotatable bonds is 9. The van der Waals surface area contributed by atoms with E-state index in [0.717, 1.165) is 48.2 Å². The summed E-state index contributed by atoms with van der Waals surface area (Å²) in [6, 6.07) is 10.7. The zero-order chi connectivity index (χ0) is 26.5. The van der Waals surface area contributed by atoms with Crippen molar-refractivity contribution in [1.29, 1.82) is 0 Å². The molecule has 0 bridgehead atoms. The van der Waals surface area contributed by atoms with Crippen LogP contribution in [0, 0.1) is 0 Å². The van der Waals surface area contributed by atoms with Crippen LogP contribution >= 0.6 is 34.8 Å². The molecule has 1 atom stereocenters. The fraction of sp³-hybridized carbons (Fsp3) is 0.440. The highest BCUT2D eigenvalue weighted by molar-refractivity contribution is 7.92. The van der Waals surface area contributed by atoms with Crippen LogP contribution < -0.4 is 9.62 Å². The van der Waals surface area contributed by atoms with Gasteiger partial charge in [-0.1, -0.05) is 72.3 Å². The second-order valence-corrected chi connectivity index (χ2v) is 12.1. The van der Waals surface area contributed by atoms with Gasteiger partial charge < -0.3 is 10.2 Å². The largest absolute Gasteiger partial charge is 0.352 e. The van der Waals surface area contributed by atoms with Crippen LogP contribution in [0.25, 0.3) is 0 Å². The monoisotopic (exact) mass is 573 g/mol. The summed E-state index contributed by atoms with van der Waals surface area (Å²) < 4.78 is 26.3. The second-order valence-electron chi connectivity index (χ2n) is 9.01. The van der Waals surface area contributed by atoms with Gasteiger partial charge in [0.2, 0.25) is 21.8 Å². The van der Waals surface area contributed by atoms with Crippen LogP contribution in [0.2, 0.25) is 15.1 Å². The van der Waals surface area contributed by atoms with Gasteiger partial charge in [0, 0.05) is 17.6 Å². The normalized spacial score (nSPS) is 15.2. The fourth-order valence-corrected chi connectivity index (χ4v) is 5.65. The maximum absolute atomic E-state index is 13.6. The molecule has 2 aromatic carbocycles. The van der Waals surface area contributed by atoms with E-state index in [4.69, 9.17) is 34.8 Å². The molecule has 1 fully saturated rings. The van der Waals surface area contributed by atoms with Crippen molar-refractivity contribution in [2.75, 3.05) is 17.1 Å². The zero-order valence-electron chi connectivity index (χ0n) is 20.2. The van der Waals surface area contributed by atoms with Gasteiger partial charge >= 0.3 is 0 Å². The minimum absolute atomic E-state index is 0.0183. The van der Waals surface area contributed by atoms with E-state index in [2.05, 4.69) is 5.32 Å². The van der Waals surface area contributed by atoms with Crippen molar-refractivity contribution in [3.63, 3.8) is 0 Å². The van der Waals surface area contributed by atoms with E-state index >= 15 is 0 Å². The van der Waals surface area contributed by atoms with E-state index in [-0.39, 0.29) is 34.2 Å². The smallest absolute Gasteiger partial charge is 0.244 e. The predicted octanol–water partition coefficient (Wildman–Crippen LogP) is 5.28. The Hall–Kier alpha value is -2.00. The molecule has 1 unspecified atom stereocenters. The number of nitrogens with one attached hydrogen (secondary N) is 1.